The topological polar surface area (TPSA) is 55.4 Å². The van der Waals surface area contributed by atoms with Gasteiger partial charge in [-0.3, -0.25) is 4.84 Å². The molecule has 46 valence electrons. The third-order valence-electron chi connectivity index (χ3n) is 0.460. The lowest BCUT2D eigenvalue weighted by molar-refractivity contribution is -0.110. The van der Waals surface area contributed by atoms with Crippen molar-refractivity contribution in [3.63, 3.8) is 0 Å². The molecule has 0 saturated carbocycles. The van der Waals surface area contributed by atoms with Gasteiger partial charge in [-0.2, -0.15) is 0 Å². The maximum atomic E-state index is 10.3. The van der Waals surface area contributed by atoms with Crippen LogP contribution in [0.2, 0.25) is 0 Å². The van der Waals surface area contributed by atoms with Gasteiger partial charge in [0.15, 0.2) is 0 Å². The predicted octanol–water partition coefficient (Wildman–Crippen LogP) is 0.426. The fourth-order valence-corrected chi connectivity index (χ4v) is 0.442. The smallest absolute Gasteiger partial charge is 0.264 e. The molecule has 8 heavy (non-hydrogen) atoms. The van der Waals surface area contributed by atoms with Crippen LogP contribution in [0.5, 0.6) is 0 Å². The first-order valence-corrected chi connectivity index (χ1v) is 3.21. The monoisotopic (exact) mass is 136 g/mol. The normalized spacial score (nSPS) is 11.0. The van der Waals surface area contributed by atoms with Crippen LogP contribution in [0.3, 0.4) is 0 Å². The van der Waals surface area contributed by atoms with Crippen LogP contribution >= 0.6 is 7.95 Å². The van der Waals surface area contributed by atoms with E-state index in [-0.39, 0.29) is 0 Å². The summed E-state index contributed by atoms with van der Waals surface area (Å²) in [5, 5.41) is 2.00. The zero-order chi connectivity index (χ0) is 6.57. The molecule has 0 aromatic rings. The van der Waals surface area contributed by atoms with Gasteiger partial charge in [0.1, 0.15) is 0 Å². The molecule has 0 aliphatic rings. The Hall–Kier alpha value is -0.310. The van der Waals surface area contributed by atoms with Gasteiger partial charge < -0.3 is 0 Å². The first kappa shape index (κ1) is 7.69. The SMILES string of the molecule is CON[P+](=O)C(C)=O. The molecule has 0 radical (unpaired) electrons. The quantitative estimate of drug-likeness (QED) is 0.451. The maximum absolute atomic E-state index is 10.3. The van der Waals surface area contributed by atoms with Crippen LogP contribution in [0.1, 0.15) is 6.92 Å². The third kappa shape index (κ3) is 2.80. The summed E-state index contributed by atoms with van der Waals surface area (Å²) in [6.45, 7) is 1.23. The molecule has 0 bridgehead atoms. The Kier molecular flexibility index (Phi) is 3.52. The number of carbonyl (C=O) groups is 1. The van der Waals surface area contributed by atoms with Crippen molar-refractivity contribution in [1.82, 2.24) is 5.25 Å². The van der Waals surface area contributed by atoms with Crippen LogP contribution in [0.15, 0.2) is 0 Å². The van der Waals surface area contributed by atoms with Gasteiger partial charge in [0.2, 0.25) is 0 Å². The average Bonchev–Trinajstić information content (AvgIpc) is 1.67. The maximum Gasteiger partial charge on any atom is 0.535 e. The zero-order valence-electron chi connectivity index (χ0n) is 4.67. The molecule has 0 fully saturated rings. The molecule has 0 aliphatic carbocycles. The van der Waals surface area contributed by atoms with Crippen LogP contribution in [0.25, 0.3) is 0 Å². The summed E-state index contributed by atoms with van der Waals surface area (Å²) in [6, 6.07) is 0. The Bertz CT molecular complexity index is 113. The Morgan fingerprint density at radius 1 is 1.75 bits per heavy atom. The molecule has 1 N–H and O–H groups in total. The zero-order valence-corrected chi connectivity index (χ0v) is 5.57. The van der Waals surface area contributed by atoms with Gasteiger partial charge in [0, 0.05) is 12.2 Å². The highest BCUT2D eigenvalue weighted by Crippen LogP contribution is 2.13. The lowest BCUT2D eigenvalue weighted by Gasteiger charge is -1.78. The Balaban J connectivity index is 3.49. The van der Waals surface area contributed by atoms with Crippen molar-refractivity contribution in [3.05, 3.63) is 0 Å². The number of rotatable bonds is 3. The van der Waals surface area contributed by atoms with Crippen LogP contribution in [0, 0.1) is 0 Å². The molecule has 1 atom stereocenters. The molecular formula is C3H7NO3P+. The van der Waals surface area contributed by atoms with Crippen molar-refractivity contribution in [1.29, 1.82) is 0 Å². The summed E-state index contributed by atoms with van der Waals surface area (Å²) in [7, 11) is -0.699. The van der Waals surface area contributed by atoms with Gasteiger partial charge in [0.05, 0.1) is 7.11 Å². The molecule has 0 aliphatic heterocycles. The number of carbonyl (C=O) groups excluding carboxylic acids is 1. The first-order chi connectivity index (χ1) is 3.68. The molecule has 0 aromatic heterocycles. The minimum atomic E-state index is -2.00. The van der Waals surface area contributed by atoms with Crippen molar-refractivity contribution in [2.45, 2.75) is 6.92 Å². The van der Waals surface area contributed by atoms with Gasteiger partial charge in [-0.15, -0.1) is 0 Å². The molecule has 0 rings (SSSR count). The van der Waals surface area contributed by atoms with E-state index in [1.54, 1.807) is 0 Å². The molecule has 5 heteroatoms. The van der Waals surface area contributed by atoms with Crippen molar-refractivity contribution < 1.29 is 14.2 Å². The van der Waals surface area contributed by atoms with Crippen molar-refractivity contribution in [3.8, 4) is 0 Å². The van der Waals surface area contributed by atoms with Gasteiger partial charge in [-0.25, -0.2) is 4.79 Å². The largest absolute Gasteiger partial charge is 0.535 e. The van der Waals surface area contributed by atoms with E-state index in [0.29, 0.717) is 0 Å². The fraction of sp³-hybridized carbons (Fsp3) is 0.667. The van der Waals surface area contributed by atoms with Crippen molar-refractivity contribution in [2.24, 2.45) is 0 Å². The lowest BCUT2D eigenvalue weighted by atomic mass is 10.9. The van der Waals surface area contributed by atoms with E-state index < -0.39 is 13.5 Å². The summed E-state index contributed by atoms with van der Waals surface area (Å²) >= 11 is 0. The molecule has 0 saturated heterocycles. The molecule has 0 heterocycles. The summed E-state index contributed by atoms with van der Waals surface area (Å²) in [5.41, 5.74) is -0.415. The number of hydrogen-bond acceptors (Lipinski definition) is 3. The molecule has 1 unspecified atom stereocenters. The Morgan fingerprint density at radius 2 is 2.25 bits per heavy atom. The van der Waals surface area contributed by atoms with Crippen LogP contribution < -0.4 is 5.25 Å². The van der Waals surface area contributed by atoms with E-state index in [1.807, 2.05) is 5.25 Å². The highest BCUT2D eigenvalue weighted by Gasteiger charge is 2.21. The van der Waals surface area contributed by atoms with Gasteiger partial charge in [0.25, 0.3) is 0 Å². The van der Waals surface area contributed by atoms with E-state index in [4.69, 9.17) is 0 Å². The van der Waals surface area contributed by atoms with E-state index in [9.17, 15) is 9.36 Å². The highest BCUT2D eigenvalue weighted by atomic mass is 31.1. The van der Waals surface area contributed by atoms with Gasteiger partial charge in [-0.05, 0) is 4.57 Å². The standard InChI is InChI=1S/C3H7NO3P/c1-3(5)8(6)4-7-2/h1-2H3,(H,4,6)/q+1. The molecule has 0 spiro atoms. The van der Waals surface area contributed by atoms with E-state index >= 15 is 0 Å². The van der Waals surface area contributed by atoms with Crippen molar-refractivity contribution >= 4 is 13.5 Å². The van der Waals surface area contributed by atoms with Crippen LogP contribution in [-0.2, 0) is 14.2 Å². The molecular weight excluding hydrogens is 129 g/mol. The van der Waals surface area contributed by atoms with E-state index in [0.717, 1.165) is 0 Å². The van der Waals surface area contributed by atoms with E-state index in [2.05, 4.69) is 4.84 Å². The van der Waals surface area contributed by atoms with Crippen molar-refractivity contribution in [2.75, 3.05) is 7.11 Å². The van der Waals surface area contributed by atoms with Crippen LogP contribution in [-0.4, -0.2) is 12.6 Å². The van der Waals surface area contributed by atoms with Crippen LogP contribution in [0.4, 0.5) is 0 Å². The summed E-state index contributed by atoms with van der Waals surface area (Å²) < 4.78 is 10.3. The summed E-state index contributed by atoms with van der Waals surface area (Å²) in [4.78, 5) is 14.3. The number of nitrogens with one attached hydrogen (secondary N) is 1. The fourth-order valence-electron chi connectivity index (χ4n) is 0.147. The Labute approximate surface area is 48.0 Å². The second-order valence-electron chi connectivity index (χ2n) is 1.11. The van der Waals surface area contributed by atoms with Gasteiger partial charge in [-0.1, -0.05) is 0 Å². The van der Waals surface area contributed by atoms with E-state index in [1.165, 1.54) is 14.0 Å². The number of hydrogen-bond donors (Lipinski definition) is 1. The Morgan fingerprint density at radius 3 is 2.38 bits per heavy atom. The summed E-state index contributed by atoms with van der Waals surface area (Å²) in [6.07, 6.45) is 0. The minimum absolute atomic E-state index is 0.415. The highest BCUT2D eigenvalue weighted by molar-refractivity contribution is 7.61. The predicted molar refractivity (Wildman–Crippen MR) is 28.4 cm³/mol. The second kappa shape index (κ2) is 3.66. The molecule has 4 nitrogen and oxygen atoms in total. The first-order valence-electron chi connectivity index (χ1n) is 1.95. The van der Waals surface area contributed by atoms with Gasteiger partial charge >= 0.3 is 13.5 Å². The second-order valence-corrected chi connectivity index (χ2v) is 2.51. The average molecular weight is 136 g/mol. The summed E-state index contributed by atoms with van der Waals surface area (Å²) in [5.74, 6) is 0. The third-order valence-corrected chi connectivity index (χ3v) is 1.38. The minimum Gasteiger partial charge on any atom is -0.264 e. The molecule has 0 amide bonds. The molecule has 0 aromatic carbocycles. The lowest BCUT2D eigenvalue weighted by Crippen LogP contribution is -2.03.